The van der Waals surface area contributed by atoms with E-state index in [1.54, 1.807) is 0 Å². The van der Waals surface area contributed by atoms with Gasteiger partial charge in [0.1, 0.15) is 48.8 Å². The Balaban J connectivity index is 1.62. The smallest absolute Gasteiger partial charge is 0.187 e. The van der Waals surface area contributed by atoms with Crippen LogP contribution in [0.5, 0.6) is 0 Å². The van der Waals surface area contributed by atoms with E-state index < -0.39 is 74.6 Å². The maximum atomic E-state index is 10.6. The highest BCUT2D eigenvalue weighted by Gasteiger charge is 2.50. The molecule has 2 saturated heterocycles. The van der Waals surface area contributed by atoms with E-state index in [0.29, 0.717) is 6.61 Å². The minimum absolute atomic E-state index is 0.322. The molecule has 11 heteroatoms. The van der Waals surface area contributed by atoms with E-state index in [9.17, 15) is 35.7 Å². The third-order valence-corrected chi connectivity index (χ3v) is 7.74. The fourth-order valence-electron chi connectivity index (χ4n) is 5.19. The number of hydrogen-bond donors (Lipinski definition) is 7. The summed E-state index contributed by atoms with van der Waals surface area (Å²) in [6.45, 7) is 1.34. The molecule has 7 N–H and O–H groups in total. The lowest BCUT2D eigenvalue weighted by atomic mass is 9.97. The molecule has 0 unspecified atom stereocenters. The third kappa shape index (κ3) is 11.4. The highest BCUT2D eigenvalue weighted by atomic mass is 16.7. The summed E-state index contributed by atoms with van der Waals surface area (Å²) in [4.78, 5) is 0. The maximum absolute atomic E-state index is 10.6. The number of hydrogen-bond acceptors (Lipinski definition) is 11. The average Bonchev–Trinajstić information content (AvgIpc) is 2.94. The zero-order chi connectivity index (χ0) is 28.6. The highest BCUT2D eigenvalue weighted by molar-refractivity contribution is 4.94. The maximum Gasteiger partial charge on any atom is 0.187 e. The molecule has 0 bridgehead atoms. The van der Waals surface area contributed by atoms with Gasteiger partial charge in [-0.3, -0.25) is 0 Å². The molecule has 2 fully saturated rings. The number of rotatable bonds is 20. The Morgan fingerprint density at radius 3 is 1.49 bits per heavy atom. The van der Waals surface area contributed by atoms with E-state index in [2.05, 4.69) is 6.92 Å². The monoisotopic (exact) mass is 566 g/mol. The molecule has 10 atom stereocenters. The van der Waals surface area contributed by atoms with Gasteiger partial charge in [0.25, 0.3) is 0 Å². The van der Waals surface area contributed by atoms with Crippen molar-refractivity contribution in [3.05, 3.63) is 0 Å². The van der Waals surface area contributed by atoms with Crippen LogP contribution in [0, 0.1) is 0 Å². The summed E-state index contributed by atoms with van der Waals surface area (Å²) in [7, 11) is 0. The first-order valence-corrected chi connectivity index (χ1v) is 15.1. The van der Waals surface area contributed by atoms with Crippen molar-refractivity contribution < 1.29 is 54.7 Å². The van der Waals surface area contributed by atoms with E-state index in [4.69, 9.17) is 18.9 Å². The molecule has 0 saturated carbocycles. The molecule has 2 rings (SSSR count). The molecule has 2 aliphatic rings. The van der Waals surface area contributed by atoms with Crippen LogP contribution in [0.25, 0.3) is 0 Å². The molecule has 2 heterocycles. The summed E-state index contributed by atoms with van der Waals surface area (Å²) in [6, 6.07) is 0. The SMILES string of the molecule is CCCCCCCCCCCCCCCCO[C@@H]1O[C@@H](CO)[C@@H](O[C@H]2O[C@@H](CO)[C@@H](O)[C@@H](O)[C@H]2O)[C@@H](O)[C@@H]1O. The first-order valence-electron chi connectivity index (χ1n) is 15.1. The highest BCUT2D eigenvalue weighted by Crippen LogP contribution is 2.29. The van der Waals surface area contributed by atoms with Crippen molar-refractivity contribution in [2.24, 2.45) is 0 Å². The lowest BCUT2D eigenvalue weighted by Gasteiger charge is -2.45. The van der Waals surface area contributed by atoms with Crippen molar-refractivity contribution in [3.63, 3.8) is 0 Å². The first-order chi connectivity index (χ1) is 18.8. The predicted octanol–water partition coefficient (Wildman–Crippen LogP) is 1.11. The van der Waals surface area contributed by atoms with E-state index in [1.807, 2.05) is 0 Å². The first kappa shape index (κ1) is 34.8. The summed E-state index contributed by atoms with van der Waals surface area (Å²) < 4.78 is 22.1. The van der Waals surface area contributed by atoms with Gasteiger partial charge in [0.15, 0.2) is 12.6 Å². The van der Waals surface area contributed by atoms with E-state index in [-0.39, 0.29) is 0 Å². The Morgan fingerprint density at radius 2 is 0.974 bits per heavy atom. The fourth-order valence-corrected chi connectivity index (χ4v) is 5.19. The molecule has 0 amide bonds. The lowest BCUT2D eigenvalue weighted by Crippen LogP contribution is -2.64. The quantitative estimate of drug-likeness (QED) is 0.105. The third-order valence-electron chi connectivity index (χ3n) is 7.74. The minimum atomic E-state index is -1.69. The Labute approximate surface area is 233 Å². The Bertz CT molecular complexity index is 608. The molecule has 0 aromatic carbocycles. The second-order valence-corrected chi connectivity index (χ2v) is 11.0. The molecular weight excluding hydrogens is 512 g/mol. The van der Waals surface area contributed by atoms with Crippen molar-refractivity contribution in [1.82, 2.24) is 0 Å². The van der Waals surface area contributed by atoms with Crippen molar-refractivity contribution in [1.29, 1.82) is 0 Å². The molecule has 232 valence electrons. The Hall–Kier alpha value is -0.440. The van der Waals surface area contributed by atoms with Gasteiger partial charge < -0.3 is 54.7 Å². The fraction of sp³-hybridized carbons (Fsp3) is 1.00. The van der Waals surface area contributed by atoms with E-state index in [0.717, 1.165) is 19.3 Å². The van der Waals surface area contributed by atoms with Gasteiger partial charge in [0.2, 0.25) is 0 Å². The topological polar surface area (TPSA) is 179 Å². The Kier molecular flexibility index (Phi) is 17.5. The molecule has 0 aliphatic carbocycles. The second kappa shape index (κ2) is 19.6. The largest absolute Gasteiger partial charge is 0.394 e. The molecule has 0 aromatic heterocycles. The van der Waals surface area contributed by atoms with E-state index in [1.165, 1.54) is 70.6 Å². The molecule has 39 heavy (non-hydrogen) atoms. The number of aliphatic hydroxyl groups excluding tert-OH is 7. The van der Waals surface area contributed by atoms with Crippen LogP contribution in [0.4, 0.5) is 0 Å². The van der Waals surface area contributed by atoms with Crippen LogP contribution in [-0.2, 0) is 18.9 Å². The van der Waals surface area contributed by atoms with Crippen molar-refractivity contribution in [2.45, 2.75) is 158 Å². The molecule has 0 aromatic rings. The van der Waals surface area contributed by atoms with Gasteiger partial charge in [0.05, 0.1) is 13.2 Å². The van der Waals surface area contributed by atoms with Crippen molar-refractivity contribution in [2.75, 3.05) is 19.8 Å². The normalized spacial score (nSPS) is 35.4. The second-order valence-electron chi connectivity index (χ2n) is 11.0. The van der Waals surface area contributed by atoms with Gasteiger partial charge in [0, 0.05) is 6.61 Å². The van der Waals surface area contributed by atoms with Crippen LogP contribution >= 0.6 is 0 Å². The van der Waals surface area contributed by atoms with Crippen LogP contribution in [-0.4, -0.2) is 117 Å². The number of aliphatic hydroxyl groups is 7. The molecule has 0 spiro atoms. The van der Waals surface area contributed by atoms with Crippen molar-refractivity contribution >= 4 is 0 Å². The summed E-state index contributed by atoms with van der Waals surface area (Å²) >= 11 is 0. The van der Waals surface area contributed by atoms with Gasteiger partial charge in [-0.15, -0.1) is 0 Å². The van der Waals surface area contributed by atoms with Crippen LogP contribution < -0.4 is 0 Å². The van der Waals surface area contributed by atoms with E-state index >= 15 is 0 Å². The number of ether oxygens (including phenoxy) is 4. The van der Waals surface area contributed by atoms with Crippen molar-refractivity contribution in [3.8, 4) is 0 Å². The van der Waals surface area contributed by atoms with Gasteiger partial charge in [-0.25, -0.2) is 0 Å². The summed E-state index contributed by atoms with van der Waals surface area (Å²) in [5.41, 5.74) is 0. The summed E-state index contributed by atoms with van der Waals surface area (Å²) in [6.07, 6.45) is 2.97. The average molecular weight is 567 g/mol. The Morgan fingerprint density at radius 1 is 0.513 bits per heavy atom. The zero-order valence-electron chi connectivity index (χ0n) is 23.6. The minimum Gasteiger partial charge on any atom is -0.394 e. The van der Waals surface area contributed by atoms with Gasteiger partial charge >= 0.3 is 0 Å². The lowest BCUT2D eigenvalue weighted by molar-refractivity contribution is -0.359. The zero-order valence-corrected chi connectivity index (χ0v) is 23.6. The van der Waals surface area contributed by atoms with Crippen LogP contribution in [0.1, 0.15) is 96.8 Å². The molecule has 0 radical (unpaired) electrons. The molecule has 11 nitrogen and oxygen atoms in total. The van der Waals surface area contributed by atoms with Crippen LogP contribution in [0.3, 0.4) is 0 Å². The standard InChI is InChI=1S/C28H54O11/c1-2-3-4-5-6-7-8-9-10-11-12-13-14-15-16-36-27-25(35)23(33)26(20(18-30)38-27)39-28-24(34)22(32)21(31)19(17-29)37-28/h19-35H,2-18H2,1H3/t19-,20-,21+,22+,23-,24+,25-,26+,27+,28+/m0/s1. The molecule has 2 aliphatic heterocycles. The van der Waals surface area contributed by atoms with Crippen LogP contribution in [0.15, 0.2) is 0 Å². The molecular formula is C28H54O11. The summed E-state index contributed by atoms with van der Waals surface area (Å²) in [5.74, 6) is 0. The predicted molar refractivity (Wildman–Crippen MR) is 143 cm³/mol. The number of unbranched alkanes of at least 4 members (excludes halogenated alkanes) is 13. The summed E-state index contributed by atoms with van der Waals surface area (Å²) in [5, 5.41) is 70.4. The van der Waals surface area contributed by atoms with Gasteiger partial charge in [-0.1, -0.05) is 90.4 Å². The van der Waals surface area contributed by atoms with Gasteiger partial charge in [-0.2, -0.15) is 0 Å². The van der Waals surface area contributed by atoms with Gasteiger partial charge in [-0.05, 0) is 6.42 Å². The van der Waals surface area contributed by atoms with Crippen LogP contribution in [0.2, 0.25) is 0 Å².